The molecule has 1 aromatic carbocycles. The van der Waals surface area contributed by atoms with E-state index in [0.29, 0.717) is 30.0 Å². The second-order valence-electron chi connectivity index (χ2n) is 7.35. The first-order valence-corrected chi connectivity index (χ1v) is 11.3. The number of amides is 1. The van der Waals surface area contributed by atoms with Crippen LogP contribution in [0.4, 0.5) is 20.3 Å². The van der Waals surface area contributed by atoms with Crippen LogP contribution in [0.5, 0.6) is 0 Å². The van der Waals surface area contributed by atoms with Gasteiger partial charge in [-0.1, -0.05) is 6.07 Å². The fraction of sp³-hybridized carbons (Fsp3) is 0.455. The van der Waals surface area contributed by atoms with E-state index in [-0.39, 0.29) is 31.9 Å². The van der Waals surface area contributed by atoms with Gasteiger partial charge in [0.05, 0.1) is 11.3 Å². The molecule has 1 aliphatic heterocycles. The van der Waals surface area contributed by atoms with Gasteiger partial charge in [-0.05, 0) is 66.9 Å². The monoisotopic (exact) mass is 515 g/mol. The van der Waals surface area contributed by atoms with Crippen molar-refractivity contribution in [2.45, 2.75) is 50.9 Å². The molecular formula is C22H28BrF2N3O2S. The summed E-state index contributed by atoms with van der Waals surface area (Å²) < 4.78 is 28.4. The summed E-state index contributed by atoms with van der Waals surface area (Å²) in [5.74, 6) is -2.55. The van der Waals surface area contributed by atoms with E-state index >= 15 is 0 Å². The highest BCUT2D eigenvalue weighted by molar-refractivity contribution is 9.10. The highest BCUT2D eigenvalue weighted by Gasteiger charge is 2.33. The number of aliphatic hydroxyl groups excluding tert-OH is 1. The lowest BCUT2D eigenvalue weighted by molar-refractivity contribution is -0.0102. The van der Waals surface area contributed by atoms with Crippen LogP contribution in [0.1, 0.15) is 47.8 Å². The van der Waals surface area contributed by atoms with Crippen LogP contribution in [0.25, 0.3) is 0 Å². The molecule has 0 bridgehead atoms. The van der Waals surface area contributed by atoms with Crippen LogP contribution in [0.2, 0.25) is 0 Å². The highest BCUT2D eigenvalue weighted by atomic mass is 79.9. The number of aliphatic hydroxyl groups is 1. The summed E-state index contributed by atoms with van der Waals surface area (Å²) in [5, 5.41) is 10.4. The number of pyridine rings is 1. The highest BCUT2D eigenvalue weighted by Crippen LogP contribution is 2.34. The van der Waals surface area contributed by atoms with E-state index in [4.69, 9.17) is 5.11 Å². The van der Waals surface area contributed by atoms with Crippen LogP contribution in [-0.4, -0.2) is 41.6 Å². The van der Waals surface area contributed by atoms with Gasteiger partial charge in [-0.2, -0.15) is 0 Å². The predicted molar refractivity (Wildman–Crippen MR) is 127 cm³/mol. The maximum atomic E-state index is 13.8. The topological polar surface area (TPSA) is 65.5 Å². The Hall–Kier alpha value is -1.71. The first kappa shape index (κ1) is 25.5. The number of benzene rings is 1. The number of carbonyl (C=O) groups excluding carboxylic acids is 1. The van der Waals surface area contributed by atoms with Crippen LogP contribution < -0.4 is 10.2 Å². The summed E-state index contributed by atoms with van der Waals surface area (Å²) in [4.78, 5) is 20.2. The van der Waals surface area contributed by atoms with Crippen molar-refractivity contribution in [3.8, 4) is 0 Å². The Morgan fingerprint density at radius 2 is 2.00 bits per heavy atom. The van der Waals surface area contributed by atoms with Gasteiger partial charge in [0, 0.05) is 47.6 Å². The molecule has 1 fully saturated rings. The van der Waals surface area contributed by atoms with E-state index < -0.39 is 5.92 Å². The third-order valence-electron chi connectivity index (χ3n) is 4.87. The number of hydrogen-bond acceptors (Lipinski definition) is 5. The molecule has 170 valence electrons. The maximum absolute atomic E-state index is 13.8. The molecule has 5 nitrogen and oxygen atoms in total. The molecule has 1 aromatic heterocycles. The lowest BCUT2D eigenvalue weighted by atomic mass is 10.1. The molecule has 0 spiro atoms. The number of rotatable bonds is 3. The van der Waals surface area contributed by atoms with Crippen molar-refractivity contribution >= 4 is 46.0 Å². The van der Waals surface area contributed by atoms with Gasteiger partial charge in [-0.25, -0.2) is 13.8 Å². The Bertz CT molecular complexity index is 928. The van der Waals surface area contributed by atoms with Crippen molar-refractivity contribution in [1.82, 2.24) is 4.98 Å². The molecule has 1 amide bonds. The number of halogens is 3. The molecule has 3 rings (SSSR count). The van der Waals surface area contributed by atoms with Gasteiger partial charge >= 0.3 is 0 Å². The second-order valence-corrected chi connectivity index (χ2v) is 8.66. The molecule has 0 saturated carbocycles. The van der Waals surface area contributed by atoms with Gasteiger partial charge in [0.1, 0.15) is 5.82 Å². The zero-order chi connectivity index (χ0) is 23.2. The zero-order valence-electron chi connectivity index (χ0n) is 17.9. The molecule has 31 heavy (non-hydrogen) atoms. The number of aryl methyl sites for hydroxylation is 1. The summed E-state index contributed by atoms with van der Waals surface area (Å²) in [6.07, 6.45) is -0.0363. The molecule has 0 radical (unpaired) electrons. The first-order valence-electron chi connectivity index (χ1n) is 10.1. The van der Waals surface area contributed by atoms with Gasteiger partial charge in [0.15, 0.2) is 0 Å². The lowest BCUT2D eigenvalue weighted by Gasteiger charge is -2.26. The van der Waals surface area contributed by atoms with Crippen molar-refractivity contribution in [3.05, 3.63) is 45.6 Å². The number of nitrogens with one attached hydrogen (secondary N) is 1. The van der Waals surface area contributed by atoms with Gasteiger partial charge in [0.25, 0.3) is 5.91 Å². The number of hydrogen-bond donors (Lipinski definition) is 3. The van der Waals surface area contributed by atoms with E-state index in [2.05, 4.69) is 38.9 Å². The standard InChI is InChI=1S/C20H22BrF2N3OS.C2H6O/c1-12-16(19(27)25-14-5-3-6-15(28)11-14)18(24-13(2)17(12)21)26-9-4-7-20(22,23)8-10-26;1-2-3/h3,5-6,11,28H,4,7-10H2,1-2H3,(H,25,27);3H,2H2,1H3. The van der Waals surface area contributed by atoms with Crippen LogP contribution in [-0.2, 0) is 0 Å². The molecular weight excluding hydrogens is 488 g/mol. The fourth-order valence-corrected chi connectivity index (χ4v) is 3.88. The van der Waals surface area contributed by atoms with Gasteiger partial charge in [-0.15, -0.1) is 12.6 Å². The van der Waals surface area contributed by atoms with E-state index in [1.807, 2.05) is 19.9 Å². The largest absolute Gasteiger partial charge is 0.397 e. The van der Waals surface area contributed by atoms with Crippen molar-refractivity contribution in [3.63, 3.8) is 0 Å². The Morgan fingerprint density at radius 1 is 1.32 bits per heavy atom. The molecule has 0 unspecified atom stereocenters. The summed E-state index contributed by atoms with van der Waals surface area (Å²) in [6.45, 7) is 6.19. The number of anilines is 2. The maximum Gasteiger partial charge on any atom is 0.259 e. The molecule has 2 N–H and O–H groups in total. The molecule has 9 heteroatoms. The first-order chi connectivity index (χ1) is 14.6. The molecule has 0 aliphatic carbocycles. The molecule has 2 aromatic rings. The number of thiol groups is 1. The lowest BCUT2D eigenvalue weighted by Crippen LogP contribution is -2.30. The molecule has 1 aliphatic rings. The van der Waals surface area contributed by atoms with Crippen molar-refractivity contribution in [2.24, 2.45) is 0 Å². The smallest absolute Gasteiger partial charge is 0.259 e. The third-order valence-corrected chi connectivity index (χ3v) is 6.31. The Balaban J connectivity index is 0.00000107. The number of alkyl halides is 2. The molecule has 2 heterocycles. The summed E-state index contributed by atoms with van der Waals surface area (Å²) in [6, 6.07) is 7.14. The Labute approximate surface area is 195 Å². The van der Waals surface area contributed by atoms with Crippen molar-refractivity contribution < 1.29 is 18.7 Å². The van der Waals surface area contributed by atoms with Crippen LogP contribution in [0.15, 0.2) is 33.6 Å². The van der Waals surface area contributed by atoms with Crippen molar-refractivity contribution in [1.29, 1.82) is 0 Å². The van der Waals surface area contributed by atoms with E-state index in [9.17, 15) is 13.6 Å². The van der Waals surface area contributed by atoms with Gasteiger partial charge in [-0.3, -0.25) is 4.79 Å². The third kappa shape index (κ3) is 6.89. The minimum Gasteiger partial charge on any atom is -0.397 e. The molecule has 1 saturated heterocycles. The normalized spacial score (nSPS) is 15.5. The number of nitrogens with zero attached hydrogens (tertiary/aromatic N) is 2. The predicted octanol–water partition coefficient (Wildman–Crippen LogP) is 5.63. The zero-order valence-corrected chi connectivity index (χ0v) is 20.4. The van der Waals surface area contributed by atoms with Gasteiger partial charge < -0.3 is 15.3 Å². The van der Waals surface area contributed by atoms with Gasteiger partial charge in [0.2, 0.25) is 5.92 Å². The quantitative estimate of drug-likeness (QED) is 0.463. The number of aromatic nitrogens is 1. The minimum absolute atomic E-state index is 0.145. The fourth-order valence-electron chi connectivity index (χ4n) is 3.37. The average molecular weight is 516 g/mol. The Morgan fingerprint density at radius 3 is 2.65 bits per heavy atom. The van der Waals surface area contributed by atoms with Crippen molar-refractivity contribution in [2.75, 3.05) is 29.9 Å². The number of carbonyl (C=O) groups is 1. The second kappa shape index (κ2) is 11.2. The summed E-state index contributed by atoms with van der Waals surface area (Å²) in [7, 11) is 0. The SMILES string of the molecule is CCO.Cc1nc(N2CCCC(F)(F)CC2)c(C(=O)Nc2cccc(S)c2)c(C)c1Br. The van der Waals surface area contributed by atoms with E-state index in [0.717, 1.165) is 20.6 Å². The summed E-state index contributed by atoms with van der Waals surface area (Å²) in [5.41, 5.74) is 2.46. The average Bonchev–Trinajstić information content (AvgIpc) is 2.87. The molecule has 0 atom stereocenters. The summed E-state index contributed by atoms with van der Waals surface area (Å²) >= 11 is 7.79. The van der Waals surface area contributed by atoms with Crippen LogP contribution in [0.3, 0.4) is 0 Å². The van der Waals surface area contributed by atoms with E-state index in [1.54, 1.807) is 30.0 Å². The van der Waals surface area contributed by atoms with E-state index in [1.165, 1.54) is 0 Å². The van der Waals surface area contributed by atoms with Crippen LogP contribution in [0, 0.1) is 13.8 Å². The minimum atomic E-state index is -2.68. The van der Waals surface area contributed by atoms with Crippen LogP contribution >= 0.6 is 28.6 Å². The Kier molecular flexibility index (Phi) is 9.27.